The lowest BCUT2D eigenvalue weighted by Crippen LogP contribution is -2.41. The van der Waals surface area contributed by atoms with Crippen molar-refractivity contribution in [2.45, 2.75) is 58.8 Å². The van der Waals surface area contributed by atoms with E-state index in [1.807, 2.05) is 65.7 Å². The Morgan fingerprint density at radius 2 is 1.76 bits per heavy atom. The molecule has 0 atom stereocenters. The number of pyridine rings is 1. The van der Waals surface area contributed by atoms with Crippen molar-refractivity contribution in [3.8, 4) is 5.88 Å². The third kappa shape index (κ3) is 3.86. The molecule has 2 rings (SSSR count). The molecule has 4 nitrogen and oxygen atoms in total. The number of hydrogen-bond acceptors (Lipinski definition) is 4. The van der Waals surface area contributed by atoms with E-state index in [0.29, 0.717) is 5.88 Å². The molecule has 1 aromatic heterocycles. The zero-order valence-electron chi connectivity index (χ0n) is 13.7. The molecular weight excluding hydrogens is 265 g/mol. The van der Waals surface area contributed by atoms with Gasteiger partial charge in [-0.1, -0.05) is 12.1 Å². The molecule has 5 heteroatoms. The van der Waals surface area contributed by atoms with Crippen LogP contribution in [-0.4, -0.2) is 29.4 Å². The Hall–Kier alpha value is -1.33. The van der Waals surface area contributed by atoms with Crippen LogP contribution in [0.4, 0.5) is 0 Å². The molecule has 21 heavy (non-hydrogen) atoms. The lowest BCUT2D eigenvalue weighted by molar-refractivity contribution is 0.00578. The lowest BCUT2D eigenvalue weighted by Gasteiger charge is -2.32. The van der Waals surface area contributed by atoms with Crippen LogP contribution in [0.2, 0.25) is 0 Å². The van der Waals surface area contributed by atoms with Crippen molar-refractivity contribution in [2.75, 3.05) is 0 Å². The summed E-state index contributed by atoms with van der Waals surface area (Å²) >= 11 is 0. The van der Waals surface area contributed by atoms with Crippen LogP contribution in [0.15, 0.2) is 24.3 Å². The summed E-state index contributed by atoms with van der Waals surface area (Å²) < 4.78 is 17.3. The average Bonchev–Trinajstić information content (AvgIpc) is 2.56. The summed E-state index contributed by atoms with van der Waals surface area (Å²) in [4.78, 5) is 4.27. The number of aromatic nitrogens is 1. The number of nitrogens with zero attached hydrogens (tertiary/aromatic N) is 1. The van der Waals surface area contributed by atoms with E-state index in [1.165, 1.54) is 0 Å². The second-order valence-corrected chi connectivity index (χ2v) is 6.58. The van der Waals surface area contributed by atoms with E-state index in [1.54, 1.807) is 6.20 Å². The van der Waals surface area contributed by atoms with Gasteiger partial charge in [-0.25, -0.2) is 4.98 Å². The zero-order valence-corrected chi connectivity index (χ0v) is 13.7. The van der Waals surface area contributed by atoms with Gasteiger partial charge in [0.05, 0.1) is 17.3 Å². The van der Waals surface area contributed by atoms with Crippen molar-refractivity contribution < 1.29 is 14.0 Å². The van der Waals surface area contributed by atoms with Crippen molar-refractivity contribution in [2.24, 2.45) is 0 Å². The Kier molecular flexibility index (Phi) is 4.44. The molecule has 0 bridgehead atoms. The van der Waals surface area contributed by atoms with Crippen LogP contribution in [0, 0.1) is 0 Å². The molecule has 1 aromatic rings. The van der Waals surface area contributed by atoms with Crippen LogP contribution in [-0.2, 0) is 9.31 Å². The molecular formula is C16H24BNO3. The summed E-state index contributed by atoms with van der Waals surface area (Å²) in [6.45, 7) is 12.1. The number of ether oxygens (including phenoxy) is 1. The van der Waals surface area contributed by atoms with Crippen LogP contribution >= 0.6 is 0 Å². The van der Waals surface area contributed by atoms with E-state index < -0.39 is 0 Å². The number of rotatable bonds is 4. The molecule has 114 valence electrons. The van der Waals surface area contributed by atoms with Gasteiger partial charge in [-0.3, -0.25) is 0 Å². The Morgan fingerprint density at radius 3 is 2.24 bits per heavy atom. The van der Waals surface area contributed by atoms with Crippen LogP contribution in [0.25, 0.3) is 6.08 Å². The molecule has 0 aliphatic carbocycles. The zero-order chi connectivity index (χ0) is 15.7. The van der Waals surface area contributed by atoms with Gasteiger partial charge in [-0.2, -0.15) is 0 Å². The highest BCUT2D eigenvalue weighted by Gasteiger charge is 2.49. The summed E-state index contributed by atoms with van der Waals surface area (Å²) in [5, 5.41) is 0. The van der Waals surface area contributed by atoms with Gasteiger partial charge in [0.2, 0.25) is 5.88 Å². The van der Waals surface area contributed by atoms with Gasteiger partial charge >= 0.3 is 7.12 Å². The first kappa shape index (κ1) is 16.1. The molecule has 1 fully saturated rings. The van der Waals surface area contributed by atoms with Gasteiger partial charge in [-0.05, 0) is 53.2 Å². The monoisotopic (exact) mass is 289 g/mol. The van der Waals surface area contributed by atoms with E-state index in [2.05, 4.69) is 4.98 Å². The molecule has 0 unspecified atom stereocenters. The van der Waals surface area contributed by atoms with Crippen LogP contribution < -0.4 is 4.74 Å². The molecule has 0 amide bonds. The van der Waals surface area contributed by atoms with Gasteiger partial charge < -0.3 is 14.0 Å². The van der Waals surface area contributed by atoms with Gasteiger partial charge in [0.25, 0.3) is 0 Å². The molecule has 0 radical (unpaired) electrons. The fourth-order valence-electron chi connectivity index (χ4n) is 1.96. The molecule has 1 saturated heterocycles. The normalized spacial score (nSPS) is 20.4. The highest BCUT2D eigenvalue weighted by Crippen LogP contribution is 2.37. The van der Waals surface area contributed by atoms with E-state index in [9.17, 15) is 0 Å². The van der Waals surface area contributed by atoms with Gasteiger partial charge in [0, 0.05) is 12.3 Å². The average molecular weight is 289 g/mol. The fourth-order valence-corrected chi connectivity index (χ4v) is 1.96. The summed E-state index contributed by atoms with van der Waals surface area (Å²) in [5.74, 6) is 2.55. The van der Waals surface area contributed by atoms with Crippen molar-refractivity contribution in [3.05, 3.63) is 29.9 Å². The largest absolute Gasteiger partial charge is 0.487 e. The SMILES string of the molecule is CC(C)Oc1ccc(/C=C/B2OC(C)(C)C(C)(C)O2)cn1. The topological polar surface area (TPSA) is 40.6 Å². The standard InChI is InChI=1S/C16H24BNO3/c1-12(2)19-14-8-7-13(11-18-14)9-10-17-20-15(3,4)16(5,6)21-17/h7-12H,1-6H3/b10-9+. The van der Waals surface area contributed by atoms with Crippen molar-refractivity contribution in [3.63, 3.8) is 0 Å². The minimum absolute atomic E-state index is 0.128. The highest BCUT2D eigenvalue weighted by atomic mass is 16.7. The number of hydrogen-bond donors (Lipinski definition) is 0. The maximum atomic E-state index is 5.91. The quantitative estimate of drug-likeness (QED) is 0.795. The van der Waals surface area contributed by atoms with E-state index in [-0.39, 0.29) is 24.4 Å². The first-order chi connectivity index (χ1) is 9.69. The fraction of sp³-hybridized carbons (Fsp3) is 0.562. The van der Waals surface area contributed by atoms with Crippen molar-refractivity contribution >= 4 is 13.2 Å². The summed E-state index contributed by atoms with van der Waals surface area (Å²) in [7, 11) is -0.332. The maximum absolute atomic E-state index is 5.91. The minimum atomic E-state index is -0.332. The van der Waals surface area contributed by atoms with Crippen molar-refractivity contribution in [1.82, 2.24) is 4.98 Å². The van der Waals surface area contributed by atoms with E-state index in [0.717, 1.165) is 5.56 Å². The summed E-state index contributed by atoms with van der Waals surface area (Å²) in [6.07, 6.45) is 3.86. The third-order valence-electron chi connectivity index (χ3n) is 3.83. The molecule has 0 spiro atoms. The van der Waals surface area contributed by atoms with Gasteiger partial charge in [0.1, 0.15) is 0 Å². The second-order valence-electron chi connectivity index (χ2n) is 6.58. The summed E-state index contributed by atoms with van der Waals surface area (Å²) in [5.41, 5.74) is 0.366. The molecule has 1 aliphatic rings. The first-order valence-electron chi connectivity index (χ1n) is 7.36. The van der Waals surface area contributed by atoms with E-state index in [4.69, 9.17) is 14.0 Å². The van der Waals surface area contributed by atoms with Crippen LogP contribution in [0.3, 0.4) is 0 Å². The smallest absolute Gasteiger partial charge is 0.475 e. The predicted molar refractivity (Wildman–Crippen MR) is 85.1 cm³/mol. The molecule has 0 saturated carbocycles. The molecule has 1 aliphatic heterocycles. The Labute approximate surface area is 127 Å². The summed E-state index contributed by atoms with van der Waals surface area (Å²) in [6, 6.07) is 3.83. The molecule has 0 N–H and O–H groups in total. The van der Waals surface area contributed by atoms with Crippen LogP contribution in [0.1, 0.15) is 47.1 Å². The van der Waals surface area contributed by atoms with Gasteiger partial charge in [-0.15, -0.1) is 0 Å². The predicted octanol–water partition coefficient (Wildman–Crippen LogP) is 3.51. The van der Waals surface area contributed by atoms with Crippen molar-refractivity contribution in [1.29, 1.82) is 0 Å². The van der Waals surface area contributed by atoms with E-state index >= 15 is 0 Å². The van der Waals surface area contributed by atoms with Crippen LogP contribution in [0.5, 0.6) is 5.88 Å². The molecule has 2 heterocycles. The Balaban J connectivity index is 1.99. The minimum Gasteiger partial charge on any atom is -0.475 e. The van der Waals surface area contributed by atoms with Gasteiger partial charge in [0.15, 0.2) is 0 Å². The second kappa shape index (κ2) is 5.81. The Bertz CT molecular complexity index is 493. The third-order valence-corrected chi connectivity index (χ3v) is 3.83. The Morgan fingerprint density at radius 1 is 1.14 bits per heavy atom. The highest BCUT2D eigenvalue weighted by molar-refractivity contribution is 6.52. The molecule has 0 aromatic carbocycles. The first-order valence-corrected chi connectivity index (χ1v) is 7.36. The maximum Gasteiger partial charge on any atom is 0.487 e. The lowest BCUT2D eigenvalue weighted by atomic mass is 9.89.